The van der Waals surface area contributed by atoms with Gasteiger partial charge in [0.15, 0.2) is 12.4 Å². The SMILES string of the molecule is COc1ccccc1Nc1nc(N)nc(COC(=O)c2ccc(CN3C(=O)CCC3=O)cc2)n1. The second-order valence-electron chi connectivity index (χ2n) is 7.41. The van der Waals surface area contributed by atoms with Gasteiger partial charge in [-0.15, -0.1) is 0 Å². The number of nitrogens with zero attached hydrogens (tertiary/aromatic N) is 4. The first-order chi connectivity index (χ1) is 16.4. The maximum atomic E-state index is 12.4. The van der Waals surface area contributed by atoms with Crippen LogP contribution in [-0.2, 0) is 27.5 Å². The number of nitrogen functional groups attached to an aromatic ring is 1. The summed E-state index contributed by atoms with van der Waals surface area (Å²) >= 11 is 0. The molecule has 2 aromatic carbocycles. The summed E-state index contributed by atoms with van der Waals surface area (Å²) in [6.45, 7) is -0.0379. The topological polar surface area (TPSA) is 150 Å². The van der Waals surface area contributed by atoms with Crippen LogP contribution in [0, 0.1) is 0 Å². The summed E-state index contributed by atoms with van der Waals surface area (Å²) in [5.41, 5.74) is 7.45. The summed E-state index contributed by atoms with van der Waals surface area (Å²) in [6.07, 6.45) is 0.474. The highest BCUT2D eigenvalue weighted by Crippen LogP contribution is 2.25. The van der Waals surface area contributed by atoms with Crippen molar-refractivity contribution in [1.29, 1.82) is 0 Å². The van der Waals surface area contributed by atoms with E-state index in [0.29, 0.717) is 17.0 Å². The van der Waals surface area contributed by atoms with Gasteiger partial charge in [-0.1, -0.05) is 24.3 Å². The van der Waals surface area contributed by atoms with E-state index in [-0.39, 0.29) is 55.5 Å². The molecule has 0 saturated carbocycles. The summed E-state index contributed by atoms with van der Waals surface area (Å²) in [5.74, 6) is -0.0584. The van der Waals surface area contributed by atoms with E-state index in [0.717, 1.165) is 5.56 Å². The molecule has 3 aromatic rings. The highest BCUT2D eigenvalue weighted by Gasteiger charge is 2.28. The van der Waals surface area contributed by atoms with Crippen LogP contribution in [0.25, 0.3) is 0 Å². The van der Waals surface area contributed by atoms with Gasteiger partial charge in [-0.25, -0.2) is 4.79 Å². The number of rotatable bonds is 8. The third kappa shape index (κ3) is 5.26. The maximum absolute atomic E-state index is 12.4. The van der Waals surface area contributed by atoms with Gasteiger partial charge in [-0.3, -0.25) is 14.5 Å². The van der Waals surface area contributed by atoms with Gasteiger partial charge in [-0.2, -0.15) is 15.0 Å². The lowest BCUT2D eigenvalue weighted by atomic mass is 10.1. The Morgan fingerprint density at radius 3 is 2.44 bits per heavy atom. The van der Waals surface area contributed by atoms with Crippen molar-refractivity contribution in [2.24, 2.45) is 0 Å². The predicted molar refractivity (Wildman–Crippen MR) is 121 cm³/mol. The Hall–Kier alpha value is -4.54. The minimum absolute atomic E-state index is 0.0335. The molecule has 0 atom stereocenters. The lowest BCUT2D eigenvalue weighted by Crippen LogP contribution is -2.28. The number of hydrogen-bond donors (Lipinski definition) is 2. The highest BCUT2D eigenvalue weighted by atomic mass is 16.5. The number of aromatic nitrogens is 3. The molecular weight excluding hydrogens is 440 g/mol. The number of hydrogen-bond acceptors (Lipinski definition) is 10. The summed E-state index contributed by atoms with van der Waals surface area (Å²) in [6, 6.07) is 13.7. The van der Waals surface area contributed by atoms with Crippen LogP contribution < -0.4 is 15.8 Å². The third-order valence-electron chi connectivity index (χ3n) is 5.07. The standard InChI is InChI=1S/C23H22N6O5/c1-33-17-5-3-2-4-16(17)25-23-27-18(26-22(24)28-23)13-34-21(32)15-8-6-14(7-9-15)12-29-19(30)10-11-20(29)31/h2-9H,10-13H2,1H3,(H3,24,25,26,27,28). The smallest absolute Gasteiger partial charge is 0.338 e. The van der Waals surface area contributed by atoms with E-state index in [4.69, 9.17) is 15.2 Å². The Morgan fingerprint density at radius 1 is 1.03 bits per heavy atom. The number of ether oxygens (including phenoxy) is 2. The number of anilines is 3. The fourth-order valence-electron chi connectivity index (χ4n) is 3.37. The minimum atomic E-state index is -0.585. The van der Waals surface area contributed by atoms with Gasteiger partial charge in [-0.05, 0) is 29.8 Å². The van der Waals surface area contributed by atoms with Crippen LogP contribution in [0.4, 0.5) is 17.6 Å². The minimum Gasteiger partial charge on any atom is -0.495 e. The van der Waals surface area contributed by atoms with Crippen molar-refractivity contribution in [1.82, 2.24) is 19.9 Å². The van der Waals surface area contributed by atoms with Crippen LogP contribution in [0.15, 0.2) is 48.5 Å². The molecule has 2 heterocycles. The number of imide groups is 1. The van der Waals surface area contributed by atoms with E-state index in [1.165, 1.54) is 4.90 Å². The second-order valence-corrected chi connectivity index (χ2v) is 7.41. The molecule has 0 spiro atoms. The predicted octanol–water partition coefficient (Wildman–Crippen LogP) is 2.21. The van der Waals surface area contributed by atoms with Crippen LogP contribution in [0.5, 0.6) is 5.75 Å². The molecule has 1 aliphatic rings. The molecule has 11 heteroatoms. The Balaban J connectivity index is 1.38. The zero-order valence-electron chi connectivity index (χ0n) is 18.4. The van der Waals surface area contributed by atoms with Gasteiger partial charge in [0.25, 0.3) is 0 Å². The number of methoxy groups -OCH3 is 1. The number of benzene rings is 2. The normalized spacial score (nSPS) is 13.1. The van der Waals surface area contributed by atoms with Crippen LogP contribution in [0.2, 0.25) is 0 Å². The summed E-state index contributed by atoms with van der Waals surface area (Å²) < 4.78 is 10.6. The van der Waals surface area contributed by atoms with Crippen molar-refractivity contribution in [3.8, 4) is 5.75 Å². The molecule has 3 N–H and O–H groups in total. The quantitative estimate of drug-likeness (QED) is 0.377. The molecular formula is C23H22N6O5. The Morgan fingerprint density at radius 2 is 1.74 bits per heavy atom. The van der Waals surface area contributed by atoms with E-state index in [1.54, 1.807) is 43.5 Å². The molecule has 1 aromatic heterocycles. The van der Waals surface area contributed by atoms with Crippen LogP contribution in [0.1, 0.15) is 34.6 Å². The van der Waals surface area contributed by atoms with E-state index < -0.39 is 5.97 Å². The van der Waals surface area contributed by atoms with Crippen LogP contribution in [0.3, 0.4) is 0 Å². The van der Waals surface area contributed by atoms with Crippen LogP contribution >= 0.6 is 0 Å². The highest BCUT2D eigenvalue weighted by molar-refractivity contribution is 6.01. The molecule has 1 aliphatic heterocycles. The number of para-hydroxylation sites is 2. The molecule has 0 unspecified atom stereocenters. The number of likely N-dealkylation sites (tertiary alicyclic amines) is 1. The van der Waals surface area contributed by atoms with E-state index in [2.05, 4.69) is 20.3 Å². The molecule has 174 valence electrons. The molecule has 0 bridgehead atoms. The average Bonchev–Trinajstić information content (AvgIpc) is 3.15. The Labute approximate surface area is 194 Å². The molecule has 11 nitrogen and oxygen atoms in total. The number of amides is 2. The third-order valence-corrected chi connectivity index (χ3v) is 5.07. The number of nitrogens with two attached hydrogens (primary N) is 1. The largest absolute Gasteiger partial charge is 0.495 e. The van der Waals surface area contributed by atoms with Crippen molar-refractivity contribution in [3.63, 3.8) is 0 Å². The molecule has 0 radical (unpaired) electrons. The van der Waals surface area contributed by atoms with Gasteiger partial charge in [0.05, 0.1) is 24.9 Å². The van der Waals surface area contributed by atoms with Crippen molar-refractivity contribution >= 4 is 35.4 Å². The summed E-state index contributed by atoms with van der Waals surface area (Å²) in [4.78, 5) is 49.5. The van der Waals surface area contributed by atoms with Gasteiger partial charge < -0.3 is 20.5 Å². The van der Waals surface area contributed by atoms with Gasteiger partial charge in [0.2, 0.25) is 23.7 Å². The average molecular weight is 462 g/mol. The number of carbonyl (C=O) groups is 3. The Kier molecular flexibility index (Phi) is 6.62. The zero-order valence-corrected chi connectivity index (χ0v) is 18.4. The summed E-state index contributed by atoms with van der Waals surface area (Å²) in [5, 5.41) is 3.01. The zero-order chi connectivity index (χ0) is 24.1. The van der Waals surface area contributed by atoms with E-state index >= 15 is 0 Å². The van der Waals surface area contributed by atoms with Crippen molar-refractivity contribution < 1.29 is 23.9 Å². The lowest BCUT2D eigenvalue weighted by Gasteiger charge is -2.14. The van der Waals surface area contributed by atoms with Crippen molar-refractivity contribution in [2.45, 2.75) is 26.0 Å². The van der Waals surface area contributed by atoms with Gasteiger partial charge in [0.1, 0.15) is 5.75 Å². The van der Waals surface area contributed by atoms with Crippen molar-refractivity contribution in [2.75, 3.05) is 18.2 Å². The van der Waals surface area contributed by atoms with Crippen molar-refractivity contribution in [3.05, 3.63) is 65.5 Å². The molecule has 0 aliphatic carbocycles. The first kappa shape index (κ1) is 22.6. The van der Waals surface area contributed by atoms with E-state index in [9.17, 15) is 14.4 Å². The molecule has 4 rings (SSSR count). The fourth-order valence-corrected chi connectivity index (χ4v) is 3.37. The lowest BCUT2D eigenvalue weighted by molar-refractivity contribution is -0.139. The fraction of sp³-hybridized carbons (Fsp3) is 0.217. The van der Waals surface area contributed by atoms with E-state index in [1.807, 2.05) is 12.1 Å². The van der Waals surface area contributed by atoms with Gasteiger partial charge in [0, 0.05) is 12.8 Å². The summed E-state index contributed by atoms with van der Waals surface area (Å²) in [7, 11) is 1.55. The second kappa shape index (κ2) is 9.94. The molecule has 34 heavy (non-hydrogen) atoms. The maximum Gasteiger partial charge on any atom is 0.338 e. The monoisotopic (exact) mass is 462 g/mol. The van der Waals surface area contributed by atoms with Crippen LogP contribution in [-0.4, -0.2) is 44.7 Å². The van der Waals surface area contributed by atoms with Gasteiger partial charge >= 0.3 is 5.97 Å². The molecule has 1 fully saturated rings. The number of esters is 1. The number of nitrogens with one attached hydrogen (secondary N) is 1. The Bertz CT molecular complexity index is 1210. The molecule has 1 saturated heterocycles. The number of carbonyl (C=O) groups excluding carboxylic acids is 3. The molecule has 2 amide bonds. The first-order valence-electron chi connectivity index (χ1n) is 10.4. The first-order valence-corrected chi connectivity index (χ1v) is 10.4.